The molecular weight excluding hydrogens is 416 g/mol. The molecule has 7 nitrogen and oxygen atoms in total. The van der Waals surface area contributed by atoms with Crippen LogP contribution in [0.4, 0.5) is 0 Å². The zero-order valence-corrected chi connectivity index (χ0v) is 17.4. The SMILES string of the molecule is COC(=O)c1ccc2[nH]c3c(c2c1)CN(S(=O)(=O)c1ccc(OC)c(Cl)c1)CC3. The van der Waals surface area contributed by atoms with Crippen molar-refractivity contribution in [2.75, 3.05) is 20.8 Å². The number of esters is 1. The number of fused-ring (bicyclic) bond motifs is 3. The van der Waals surface area contributed by atoms with Gasteiger partial charge in [0.15, 0.2) is 0 Å². The Morgan fingerprint density at radius 3 is 2.66 bits per heavy atom. The van der Waals surface area contributed by atoms with E-state index in [0.717, 1.165) is 22.2 Å². The predicted octanol–water partition coefficient (Wildman–Crippen LogP) is 3.36. The fourth-order valence-corrected chi connectivity index (χ4v) is 5.35. The molecule has 1 N–H and O–H groups in total. The maximum absolute atomic E-state index is 13.2. The van der Waals surface area contributed by atoms with Crippen LogP contribution in [0.2, 0.25) is 5.02 Å². The molecule has 1 aliphatic heterocycles. The first-order valence-electron chi connectivity index (χ1n) is 8.90. The van der Waals surface area contributed by atoms with Crippen LogP contribution in [0.1, 0.15) is 21.6 Å². The Labute approximate surface area is 173 Å². The van der Waals surface area contributed by atoms with Gasteiger partial charge in [0.05, 0.1) is 29.7 Å². The van der Waals surface area contributed by atoms with Gasteiger partial charge in [-0.15, -0.1) is 0 Å². The number of hydrogen-bond acceptors (Lipinski definition) is 5. The summed E-state index contributed by atoms with van der Waals surface area (Å²) in [4.78, 5) is 15.3. The van der Waals surface area contributed by atoms with E-state index in [2.05, 4.69) is 4.98 Å². The van der Waals surface area contributed by atoms with Crippen LogP contribution in [0.15, 0.2) is 41.3 Å². The van der Waals surface area contributed by atoms with Crippen molar-refractivity contribution in [3.63, 3.8) is 0 Å². The average Bonchev–Trinajstić information content (AvgIpc) is 3.10. The third-order valence-electron chi connectivity index (χ3n) is 5.12. The molecule has 0 saturated heterocycles. The third-order valence-corrected chi connectivity index (χ3v) is 7.26. The minimum absolute atomic E-state index is 0.113. The highest BCUT2D eigenvalue weighted by atomic mass is 35.5. The smallest absolute Gasteiger partial charge is 0.337 e. The normalized spacial score (nSPS) is 14.6. The molecule has 0 atom stereocenters. The summed E-state index contributed by atoms with van der Waals surface area (Å²) >= 11 is 6.12. The van der Waals surface area contributed by atoms with Gasteiger partial charge in [-0.3, -0.25) is 0 Å². The van der Waals surface area contributed by atoms with E-state index < -0.39 is 16.0 Å². The zero-order chi connectivity index (χ0) is 20.8. The van der Waals surface area contributed by atoms with Crippen molar-refractivity contribution < 1.29 is 22.7 Å². The van der Waals surface area contributed by atoms with Crippen molar-refractivity contribution in [2.45, 2.75) is 17.9 Å². The molecule has 0 amide bonds. The lowest BCUT2D eigenvalue weighted by atomic mass is 10.0. The van der Waals surface area contributed by atoms with Crippen LogP contribution in [0.3, 0.4) is 0 Å². The molecule has 0 aliphatic carbocycles. The van der Waals surface area contributed by atoms with Crippen molar-refractivity contribution in [1.82, 2.24) is 9.29 Å². The standard InChI is InChI=1S/C20H19ClN2O5S/c1-27-19-6-4-13(10-16(19)21)29(25,26)23-8-7-18-15(11-23)14-9-12(20(24)28-2)3-5-17(14)22-18/h3-6,9-10,22H,7-8,11H2,1-2H3. The van der Waals surface area contributed by atoms with Gasteiger partial charge >= 0.3 is 5.97 Å². The van der Waals surface area contributed by atoms with Gasteiger partial charge in [-0.05, 0) is 42.0 Å². The molecule has 0 saturated carbocycles. The van der Waals surface area contributed by atoms with Crippen LogP contribution in [-0.4, -0.2) is 44.4 Å². The molecule has 3 aromatic rings. The van der Waals surface area contributed by atoms with Crippen LogP contribution >= 0.6 is 11.6 Å². The van der Waals surface area contributed by atoms with Gasteiger partial charge in [-0.1, -0.05) is 11.6 Å². The summed E-state index contributed by atoms with van der Waals surface area (Å²) in [6.45, 7) is 0.543. The Kier molecular flexibility index (Phi) is 5.02. The van der Waals surface area contributed by atoms with E-state index >= 15 is 0 Å². The molecule has 152 valence electrons. The molecular formula is C20H19ClN2O5S. The van der Waals surface area contributed by atoms with Crippen molar-refractivity contribution in [2.24, 2.45) is 0 Å². The molecule has 1 aromatic heterocycles. The van der Waals surface area contributed by atoms with Gasteiger partial charge < -0.3 is 14.5 Å². The van der Waals surface area contributed by atoms with E-state index in [1.807, 2.05) is 6.07 Å². The highest BCUT2D eigenvalue weighted by molar-refractivity contribution is 7.89. The summed E-state index contributed by atoms with van der Waals surface area (Å²) in [6.07, 6.45) is 0.542. The zero-order valence-electron chi connectivity index (χ0n) is 15.9. The number of halogens is 1. The average molecular weight is 435 g/mol. The molecule has 0 bridgehead atoms. The Morgan fingerprint density at radius 1 is 1.17 bits per heavy atom. The van der Waals surface area contributed by atoms with E-state index in [1.165, 1.54) is 30.7 Å². The fraction of sp³-hybridized carbons (Fsp3) is 0.250. The van der Waals surface area contributed by atoms with Gasteiger partial charge in [0.25, 0.3) is 0 Å². The van der Waals surface area contributed by atoms with E-state index in [9.17, 15) is 13.2 Å². The fourth-order valence-electron chi connectivity index (χ4n) is 3.60. The van der Waals surface area contributed by atoms with Crippen molar-refractivity contribution in [3.8, 4) is 5.75 Å². The minimum atomic E-state index is -3.74. The number of carbonyl (C=O) groups excluding carboxylic acids is 1. The second kappa shape index (κ2) is 7.37. The Balaban J connectivity index is 1.72. The number of sulfonamides is 1. The van der Waals surface area contributed by atoms with Gasteiger partial charge in [-0.2, -0.15) is 4.31 Å². The van der Waals surface area contributed by atoms with E-state index in [4.69, 9.17) is 21.1 Å². The number of benzene rings is 2. The lowest BCUT2D eigenvalue weighted by Crippen LogP contribution is -2.35. The number of methoxy groups -OCH3 is 2. The number of nitrogens with one attached hydrogen (secondary N) is 1. The van der Waals surface area contributed by atoms with E-state index in [1.54, 1.807) is 18.2 Å². The Morgan fingerprint density at radius 2 is 1.97 bits per heavy atom. The van der Waals surface area contributed by atoms with Crippen LogP contribution in [0, 0.1) is 0 Å². The van der Waals surface area contributed by atoms with Crippen molar-refractivity contribution >= 4 is 38.5 Å². The van der Waals surface area contributed by atoms with Gasteiger partial charge in [0, 0.05) is 36.1 Å². The van der Waals surface area contributed by atoms with Crippen molar-refractivity contribution in [3.05, 3.63) is 58.2 Å². The summed E-state index contributed by atoms with van der Waals surface area (Å²) < 4.78 is 37.7. The lowest BCUT2D eigenvalue weighted by Gasteiger charge is -2.26. The second-order valence-electron chi connectivity index (χ2n) is 6.72. The molecule has 4 rings (SSSR count). The van der Waals surface area contributed by atoms with Gasteiger partial charge in [0.2, 0.25) is 10.0 Å². The molecule has 29 heavy (non-hydrogen) atoms. The monoisotopic (exact) mass is 434 g/mol. The largest absolute Gasteiger partial charge is 0.495 e. The minimum Gasteiger partial charge on any atom is -0.495 e. The molecule has 0 spiro atoms. The molecule has 0 unspecified atom stereocenters. The Hall–Kier alpha value is -2.55. The summed E-state index contributed by atoms with van der Waals surface area (Å²) in [7, 11) is -0.942. The first-order valence-corrected chi connectivity index (χ1v) is 10.7. The van der Waals surface area contributed by atoms with Crippen LogP contribution in [-0.2, 0) is 27.7 Å². The highest BCUT2D eigenvalue weighted by Crippen LogP contribution is 2.33. The third kappa shape index (κ3) is 3.37. The van der Waals surface area contributed by atoms with Gasteiger partial charge in [0.1, 0.15) is 5.75 Å². The number of aromatic amines is 1. The number of rotatable bonds is 4. The number of nitrogens with zero attached hydrogens (tertiary/aromatic N) is 1. The van der Waals surface area contributed by atoms with Crippen LogP contribution in [0.25, 0.3) is 10.9 Å². The summed E-state index contributed by atoms with van der Waals surface area (Å²) in [5, 5.41) is 1.05. The number of hydrogen-bond donors (Lipinski definition) is 1. The molecule has 0 fully saturated rings. The van der Waals surface area contributed by atoms with E-state index in [-0.39, 0.29) is 16.5 Å². The highest BCUT2D eigenvalue weighted by Gasteiger charge is 2.31. The molecule has 2 heterocycles. The quantitative estimate of drug-likeness (QED) is 0.636. The Bertz CT molecular complexity index is 1220. The maximum atomic E-state index is 13.2. The molecule has 1 aliphatic rings. The molecule has 0 radical (unpaired) electrons. The number of aromatic nitrogens is 1. The topological polar surface area (TPSA) is 88.7 Å². The van der Waals surface area contributed by atoms with Crippen LogP contribution < -0.4 is 4.74 Å². The number of H-pyrrole nitrogens is 1. The number of ether oxygens (including phenoxy) is 2. The first kappa shape index (κ1) is 19.8. The second-order valence-corrected chi connectivity index (χ2v) is 9.06. The summed E-state index contributed by atoms with van der Waals surface area (Å²) in [5.74, 6) is -0.0199. The summed E-state index contributed by atoms with van der Waals surface area (Å²) in [6, 6.07) is 9.65. The first-order chi connectivity index (χ1) is 13.8. The maximum Gasteiger partial charge on any atom is 0.337 e. The van der Waals surface area contributed by atoms with Crippen molar-refractivity contribution in [1.29, 1.82) is 0 Å². The van der Waals surface area contributed by atoms with Gasteiger partial charge in [-0.25, -0.2) is 13.2 Å². The van der Waals surface area contributed by atoms with E-state index in [0.29, 0.717) is 24.3 Å². The lowest BCUT2D eigenvalue weighted by molar-refractivity contribution is 0.0601. The summed E-state index contributed by atoms with van der Waals surface area (Å²) in [5.41, 5.74) is 3.11. The predicted molar refractivity (Wildman–Crippen MR) is 109 cm³/mol. The van der Waals surface area contributed by atoms with Crippen LogP contribution in [0.5, 0.6) is 5.75 Å². The molecule has 2 aromatic carbocycles. The molecule has 9 heteroatoms. The number of carbonyl (C=O) groups is 1.